The molecular weight excluding hydrogens is 372 g/mol. The highest BCUT2D eigenvalue weighted by Gasteiger charge is 2.36. The van der Waals surface area contributed by atoms with E-state index in [9.17, 15) is 19.2 Å². The zero-order valence-electron chi connectivity index (χ0n) is 16.3. The van der Waals surface area contributed by atoms with Crippen LogP contribution in [-0.2, 0) is 19.1 Å². The molecule has 1 fully saturated rings. The monoisotopic (exact) mass is 394 g/mol. The van der Waals surface area contributed by atoms with Gasteiger partial charge in [0.1, 0.15) is 0 Å². The number of ether oxygens (including phenoxy) is 1. The van der Waals surface area contributed by atoms with E-state index in [4.69, 9.17) is 4.74 Å². The standard InChI is InChI=1S/C22H22N2O5/c1-14-3-9-19(10-4-14)24-12-17(11-21(24)27)22(28)29-13-20(26)23-18-7-5-16(6-8-18)15(2)25/h3-10,17H,11-13H2,1-2H3,(H,23,26)/t17-/m0/s1. The number of anilines is 2. The summed E-state index contributed by atoms with van der Waals surface area (Å²) in [5, 5.41) is 2.60. The SMILES string of the molecule is CC(=O)c1ccc(NC(=O)COC(=O)[C@H]2CC(=O)N(c3ccc(C)cc3)C2)cc1. The molecule has 2 amide bonds. The largest absolute Gasteiger partial charge is 0.455 e. The maximum Gasteiger partial charge on any atom is 0.311 e. The van der Waals surface area contributed by atoms with Crippen LogP contribution >= 0.6 is 0 Å². The minimum atomic E-state index is -0.605. The quantitative estimate of drug-likeness (QED) is 0.601. The van der Waals surface area contributed by atoms with Crippen LogP contribution in [0, 0.1) is 12.8 Å². The normalized spacial score (nSPS) is 15.9. The molecule has 0 unspecified atom stereocenters. The van der Waals surface area contributed by atoms with Crippen LogP contribution < -0.4 is 10.2 Å². The van der Waals surface area contributed by atoms with Gasteiger partial charge in [-0.2, -0.15) is 0 Å². The fourth-order valence-corrected chi connectivity index (χ4v) is 3.08. The highest BCUT2D eigenvalue weighted by molar-refractivity contribution is 6.00. The molecule has 7 nitrogen and oxygen atoms in total. The van der Waals surface area contributed by atoms with Crippen molar-refractivity contribution in [2.24, 2.45) is 5.92 Å². The lowest BCUT2D eigenvalue weighted by molar-refractivity contribution is -0.151. The molecule has 0 aromatic heterocycles. The molecule has 0 aliphatic carbocycles. The maximum absolute atomic E-state index is 12.3. The predicted molar refractivity (Wildman–Crippen MR) is 108 cm³/mol. The van der Waals surface area contributed by atoms with Crippen molar-refractivity contribution >= 4 is 34.9 Å². The van der Waals surface area contributed by atoms with Crippen molar-refractivity contribution < 1.29 is 23.9 Å². The van der Waals surface area contributed by atoms with E-state index in [1.54, 1.807) is 29.2 Å². The molecule has 2 aromatic rings. The lowest BCUT2D eigenvalue weighted by Gasteiger charge is -2.16. The Morgan fingerprint density at radius 3 is 2.34 bits per heavy atom. The average molecular weight is 394 g/mol. The van der Waals surface area contributed by atoms with Gasteiger partial charge in [0.15, 0.2) is 12.4 Å². The molecule has 1 saturated heterocycles. The second-order valence-electron chi connectivity index (χ2n) is 7.03. The molecule has 1 atom stereocenters. The van der Waals surface area contributed by atoms with E-state index in [-0.39, 0.29) is 24.7 Å². The topological polar surface area (TPSA) is 92.8 Å². The van der Waals surface area contributed by atoms with E-state index < -0.39 is 24.4 Å². The van der Waals surface area contributed by atoms with Gasteiger partial charge in [-0.3, -0.25) is 19.2 Å². The second-order valence-corrected chi connectivity index (χ2v) is 7.03. The molecule has 0 saturated carbocycles. The molecule has 3 rings (SSSR count). The summed E-state index contributed by atoms with van der Waals surface area (Å²) >= 11 is 0. The van der Waals surface area contributed by atoms with E-state index in [1.165, 1.54) is 6.92 Å². The van der Waals surface area contributed by atoms with Crippen molar-refractivity contribution in [3.63, 3.8) is 0 Å². The second kappa shape index (κ2) is 8.68. The molecule has 29 heavy (non-hydrogen) atoms. The van der Waals surface area contributed by atoms with E-state index in [1.807, 2.05) is 31.2 Å². The summed E-state index contributed by atoms with van der Waals surface area (Å²) in [6.45, 7) is 3.20. The van der Waals surface area contributed by atoms with Crippen LogP contribution in [-0.4, -0.2) is 36.7 Å². The minimum absolute atomic E-state index is 0.0564. The van der Waals surface area contributed by atoms with Crippen molar-refractivity contribution in [2.75, 3.05) is 23.4 Å². The first-order valence-electron chi connectivity index (χ1n) is 9.28. The van der Waals surface area contributed by atoms with Gasteiger partial charge in [-0.25, -0.2) is 0 Å². The van der Waals surface area contributed by atoms with Gasteiger partial charge < -0.3 is 15.0 Å². The number of carbonyl (C=O) groups excluding carboxylic acids is 4. The third-order valence-electron chi connectivity index (χ3n) is 4.72. The summed E-state index contributed by atoms with van der Waals surface area (Å²) in [7, 11) is 0. The molecule has 0 radical (unpaired) electrons. The van der Waals surface area contributed by atoms with Crippen molar-refractivity contribution in [2.45, 2.75) is 20.3 Å². The summed E-state index contributed by atoms with van der Waals surface area (Å²) in [4.78, 5) is 49.3. The number of hydrogen-bond acceptors (Lipinski definition) is 5. The van der Waals surface area contributed by atoms with Gasteiger partial charge in [-0.15, -0.1) is 0 Å². The van der Waals surface area contributed by atoms with Crippen molar-refractivity contribution in [3.8, 4) is 0 Å². The summed E-state index contributed by atoms with van der Waals surface area (Å²) < 4.78 is 5.09. The number of nitrogens with zero attached hydrogens (tertiary/aromatic N) is 1. The molecule has 1 N–H and O–H groups in total. The molecule has 0 spiro atoms. The first kappa shape index (κ1) is 20.3. The van der Waals surface area contributed by atoms with E-state index in [0.717, 1.165) is 11.3 Å². The number of Topliss-reactive ketones (excluding diaryl/α,β-unsaturated/α-hetero) is 1. The zero-order valence-corrected chi connectivity index (χ0v) is 16.3. The number of rotatable bonds is 6. The molecule has 150 valence electrons. The number of hydrogen-bond donors (Lipinski definition) is 1. The fourth-order valence-electron chi connectivity index (χ4n) is 3.08. The van der Waals surface area contributed by atoms with Crippen LogP contribution in [0.15, 0.2) is 48.5 Å². The van der Waals surface area contributed by atoms with Crippen LogP contribution in [0.3, 0.4) is 0 Å². The Hall–Kier alpha value is -3.48. The van der Waals surface area contributed by atoms with Gasteiger partial charge in [0.25, 0.3) is 5.91 Å². The zero-order chi connectivity index (χ0) is 21.0. The Labute approximate surface area is 168 Å². The van der Waals surface area contributed by atoms with Crippen molar-refractivity contribution in [1.82, 2.24) is 0 Å². The third-order valence-corrected chi connectivity index (χ3v) is 4.72. The van der Waals surface area contributed by atoms with Crippen molar-refractivity contribution in [1.29, 1.82) is 0 Å². The number of carbonyl (C=O) groups is 4. The molecule has 1 heterocycles. The minimum Gasteiger partial charge on any atom is -0.455 e. The Morgan fingerprint density at radius 1 is 1.07 bits per heavy atom. The van der Waals surface area contributed by atoms with E-state index in [2.05, 4.69) is 5.32 Å². The Morgan fingerprint density at radius 2 is 1.72 bits per heavy atom. The van der Waals surface area contributed by atoms with Gasteiger partial charge in [0.2, 0.25) is 5.91 Å². The molecule has 0 bridgehead atoms. The number of benzene rings is 2. The Balaban J connectivity index is 1.50. The highest BCUT2D eigenvalue weighted by atomic mass is 16.5. The number of amides is 2. The summed E-state index contributed by atoms with van der Waals surface area (Å²) in [5.74, 6) is -1.89. The number of esters is 1. The summed E-state index contributed by atoms with van der Waals surface area (Å²) in [6, 6.07) is 13.9. The lowest BCUT2D eigenvalue weighted by Crippen LogP contribution is -2.28. The number of aryl methyl sites for hydroxylation is 1. The van der Waals surface area contributed by atoms with Gasteiger partial charge >= 0.3 is 5.97 Å². The van der Waals surface area contributed by atoms with E-state index >= 15 is 0 Å². The Bertz CT molecular complexity index is 935. The summed E-state index contributed by atoms with van der Waals surface area (Å²) in [6.07, 6.45) is 0.0564. The Kier molecular flexibility index (Phi) is 6.07. The van der Waals surface area contributed by atoms with Crippen molar-refractivity contribution in [3.05, 3.63) is 59.7 Å². The smallest absolute Gasteiger partial charge is 0.311 e. The van der Waals surface area contributed by atoms with Crippen LogP contribution in [0.5, 0.6) is 0 Å². The van der Waals surface area contributed by atoms with Crippen LogP contribution in [0.25, 0.3) is 0 Å². The molecule has 2 aromatic carbocycles. The average Bonchev–Trinajstić information content (AvgIpc) is 3.09. The molecule has 1 aliphatic rings. The number of ketones is 1. The first-order valence-corrected chi connectivity index (χ1v) is 9.28. The van der Waals surface area contributed by atoms with Gasteiger partial charge in [-0.05, 0) is 50.2 Å². The third kappa shape index (κ3) is 5.07. The molecule has 1 aliphatic heterocycles. The maximum atomic E-state index is 12.3. The molecule has 7 heteroatoms. The van der Waals surface area contributed by atoms with Crippen LogP contribution in [0.1, 0.15) is 29.3 Å². The predicted octanol–water partition coefficient (Wildman–Crippen LogP) is 2.73. The van der Waals surface area contributed by atoms with Crippen LogP contribution in [0.4, 0.5) is 11.4 Å². The van der Waals surface area contributed by atoms with E-state index in [0.29, 0.717) is 11.3 Å². The molecular formula is C22H22N2O5. The lowest BCUT2D eigenvalue weighted by atomic mass is 10.1. The van der Waals surface area contributed by atoms with Gasteiger partial charge in [0, 0.05) is 29.9 Å². The summed E-state index contributed by atoms with van der Waals surface area (Å²) in [5.41, 5.74) is 2.86. The fraction of sp³-hybridized carbons (Fsp3) is 0.273. The van der Waals surface area contributed by atoms with Gasteiger partial charge in [0.05, 0.1) is 5.92 Å². The first-order chi connectivity index (χ1) is 13.8. The number of nitrogens with one attached hydrogen (secondary N) is 1. The van der Waals surface area contributed by atoms with Gasteiger partial charge in [-0.1, -0.05) is 17.7 Å². The highest BCUT2D eigenvalue weighted by Crippen LogP contribution is 2.26. The van der Waals surface area contributed by atoms with Crippen LogP contribution in [0.2, 0.25) is 0 Å².